The van der Waals surface area contributed by atoms with E-state index in [0.717, 1.165) is 31.5 Å². The molecule has 0 spiro atoms. The van der Waals surface area contributed by atoms with E-state index in [1.165, 1.54) is 23.6 Å². The standard InChI is InChI=1S/C9H9F3.C9H14.C8H10.C2H2/c1-6-5-7(9(2,11)12)3-4-8(6)10;1-4-7-8-9(5-2)6-3;1-7-3-5-8(2)6-4-7;1-2/h3-5H,1-2H3;4-5,7-8H,2,6H2,1,3H3;3-6H,1-2H3;1-2H/b;7-4-,9-8+;;. The van der Waals surface area contributed by atoms with Gasteiger partial charge in [-0.3, -0.25) is 0 Å². The molecule has 2 aromatic rings. The molecule has 168 valence electrons. The van der Waals surface area contributed by atoms with E-state index in [4.69, 9.17) is 0 Å². The molecule has 0 fully saturated rings. The van der Waals surface area contributed by atoms with Gasteiger partial charge in [0.05, 0.1) is 0 Å². The van der Waals surface area contributed by atoms with Gasteiger partial charge in [-0.25, -0.2) is 13.2 Å². The average Bonchev–Trinajstić information content (AvgIpc) is 2.75. The fourth-order valence-electron chi connectivity index (χ4n) is 2.10. The number of hydrogen-bond donors (Lipinski definition) is 0. The second kappa shape index (κ2) is 16.8. The Morgan fingerprint density at radius 2 is 1.48 bits per heavy atom. The Kier molecular flexibility index (Phi) is 16.3. The van der Waals surface area contributed by atoms with Crippen LogP contribution in [0.4, 0.5) is 13.2 Å². The number of hydrogen-bond acceptors (Lipinski definition) is 0. The first-order chi connectivity index (χ1) is 14.5. The van der Waals surface area contributed by atoms with Crippen molar-refractivity contribution in [3.63, 3.8) is 0 Å². The third kappa shape index (κ3) is 14.6. The van der Waals surface area contributed by atoms with Gasteiger partial charge in [0.25, 0.3) is 5.92 Å². The van der Waals surface area contributed by atoms with Gasteiger partial charge in [-0.05, 0) is 57.4 Å². The topological polar surface area (TPSA) is 0 Å². The Hall–Kier alpha value is -2.99. The van der Waals surface area contributed by atoms with Crippen molar-refractivity contribution in [1.82, 2.24) is 0 Å². The van der Waals surface area contributed by atoms with Crippen molar-refractivity contribution in [3.05, 3.63) is 107 Å². The van der Waals surface area contributed by atoms with Crippen LogP contribution in [0.25, 0.3) is 0 Å². The largest absolute Gasteiger partial charge is 0.270 e. The molecule has 0 aliphatic heterocycles. The van der Waals surface area contributed by atoms with Crippen molar-refractivity contribution in [2.24, 2.45) is 0 Å². The van der Waals surface area contributed by atoms with Crippen molar-refractivity contribution in [1.29, 1.82) is 0 Å². The number of aryl methyl sites for hydroxylation is 3. The van der Waals surface area contributed by atoms with Crippen molar-refractivity contribution in [2.45, 2.75) is 53.9 Å². The second-order valence-corrected chi connectivity index (χ2v) is 6.83. The minimum absolute atomic E-state index is 0.151. The molecule has 0 amide bonds. The van der Waals surface area contributed by atoms with Gasteiger partial charge in [0.1, 0.15) is 5.82 Å². The lowest BCUT2D eigenvalue weighted by molar-refractivity contribution is 0.0173. The van der Waals surface area contributed by atoms with E-state index in [1.54, 1.807) is 0 Å². The molecule has 0 saturated heterocycles. The molecule has 0 radical (unpaired) electrons. The highest BCUT2D eigenvalue weighted by Crippen LogP contribution is 2.27. The van der Waals surface area contributed by atoms with Crippen LogP contribution in [-0.4, -0.2) is 0 Å². The first-order valence-corrected chi connectivity index (χ1v) is 10.00. The van der Waals surface area contributed by atoms with E-state index < -0.39 is 11.7 Å². The van der Waals surface area contributed by atoms with E-state index in [0.29, 0.717) is 0 Å². The molecule has 0 bridgehead atoms. The van der Waals surface area contributed by atoms with Gasteiger partial charge in [0, 0.05) is 12.5 Å². The molecule has 2 rings (SSSR count). The van der Waals surface area contributed by atoms with E-state index in [9.17, 15) is 13.2 Å². The molecule has 0 saturated carbocycles. The van der Waals surface area contributed by atoms with Crippen LogP contribution in [-0.2, 0) is 5.92 Å². The first kappa shape index (κ1) is 30.2. The number of alkyl halides is 2. The first-order valence-electron chi connectivity index (χ1n) is 10.00. The molecule has 0 nitrogen and oxygen atoms in total. The number of benzene rings is 2. The van der Waals surface area contributed by atoms with Crippen LogP contribution in [0.15, 0.2) is 78.9 Å². The predicted molar refractivity (Wildman–Crippen MR) is 130 cm³/mol. The van der Waals surface area contributed by atoms with Crippen molar-refractivity contribution >= 4 is 0 Å². The Bertz CT molecular complexity index is 812. The monoisotopic (exact) mass is 428 g/mol. The highest BCUT2D eigenvalue weighted by atomic mass is 19.3. The molecule has 0 N–H and O–H groups in total. The summed E-state index contributed by atoms with van der Waals surface area (Å²) in [5.41, 5.74) is 4.04. The summed E-state index contributed by atoms with van der Waals surface area (Å²) in [5, 5.41) is 0. The summed E-state index contributed by atoms with van der Waals surface area (Å²) in [4.78, 5) is 0. The zero-order valence-corrected chi connectivity index (χ0v) is 19.6. The lowest BCUT2D eigenvalue weighted by atomic mass is 10.1. The van der Waals surface area contributed by atoms with Crippen LogP contribution in [0, 0.1) is 39.4 Å². The molecule has 2 aromatic carbocycles. The molecular formula is C28H35F3. The maximum Gasteiger partial charge on any atom is 0.270 e. The lowest BCUT2D eigenvalue weighted by Gasteiger charge is -2.10. The molecule has 0 aromatic heterocycles. The third-order valence-corrected chi connectivity index (χ3v) is 4.06. The predicted octanol–water partition coefficient (Wildman–Crippen LogP) is 8.88. The van der Waals surface area contributed by atoms with Crippen LogP contribution >= 0.6 is 0 Å². The van der Waals surface area contributed by atoms with E-state index >= 15 is 0 Å². The summed E-state index contributed by atoms with van der Waals surface area (Å²) in [6.07, 6.45) is 17.1. The maximum absolute atomic E-state index is 12.6. The van der Waals surface area contributed by atoms with E-state index in [1.807, 2.05) is 25.2 Å². The van der Waals surface area contributed by atoms with Gasteiger partial charge in [-0.15, -0.1) is 12.8 Å². The van der Waals surface area contributed by atoms with Crippen LogP contribution in [0.2, 0.25) is 0 Å². The van der Waals surface area contributed by atoms with Crippen LogP contribution in [0.5, 0.6) is 0 Å². The normalized spacial score (nSPS) is 10.6. The number of rotatable bonds is 4. The molecule has 31 heavy (non-hydrogen) atoms. The summed E-state index contributed by atoms with van der Waals surface area (Å²) in [6.45, 7) is 14.3. The molecular weight excluding hydrogens is 393 g/mol. The van der Waals surface area contributed by atoms with Crippen LogP contribution in [0.1, 0.15) is 49.4 Å². The van der Waals surface area contributed by atoms with Gasteiger partial charge >= 0.3 is 0 Å². The summed E-state index contributed by atoms with van der Waals surface area (Å²) >= 11 is 0. The number of allylic oxidation sites excluding steroid dienone is 5. The van der Waals surface area contributed by atoms with Crippen molar-refractivity contribution in [2.75, 3.05) is 0 Å². The second-order valence-electron chi connectivity index (χ2n) is 6.83. The molecule has 3 heteroatoms. The summed E-state index contributed by atoms with van der Waals surface area (Å²) in [6, 6.07) is 11.8. The summed E-state index contributed by atoms with van der Waals surface area (Å²) in [5.74, 6) is -3.35. The Balaban J connectivity index is 0. The number of halogens is 3. The average molecular weight is 429 g/mol. The molecule has 0 atom stereocenters. The lowest BCUT2D eigenvalue weighted by Crippen LogP contribution is -2.07. The van der Waals surface area contributed by atoms with Crippen LogP contribution < -0.4 is 0 Å². The smallest absolute Gasteiger partial charge is 0.207 e. The molecule has 0 heterocycles. The van der Waals surface area contributed by atoms with Gasteiger partial charge < -0.3 is 0 Å². The zero-order valence-electron chi connectivity index (χ0n) is 19.6. The fourth-order valence-corrected chi connectivity index (χ4v) is 2.10. The van der Waals surface area contributed by atoms with Gasteiger partial charge in [-0.2, -0.15) is 0 Å². The SMILES string of the molecule is C#C.C=C/C(=C\C=C/C)CC.Cc1cc(C(C)(F)F)ccc1F.Cc1ccc(C)cc1. The summed E-state index contributed by atoms with van der Waals surface area (Å²) < 4.78 is 37.9. The van der Waals surface area contributed by atoms with Crippen LogP contribution in [0.3, 0.4) is 0 Å². The number of terminal acetylenes is 1. The molecule has 0 aliphatic rings. The Morgan fingerprint density at radius 1 is 1.00 bits per heavy atom. The van der Waals surface area contributed by atoms with E-state index in [-0.39, 0.29) is 11.1 Å². The van der Waals surface area contributed by atoms with Crippen molar-refractivity contribution in [3.8, 4) is 12.8 Å². The fraction of sp³-hybridized carbons (Fsp3) is 0.286. The highest BCUT2D eigenvalue weighted by molar-refractivity contribution is 5.26. The minimum Gasteiger partial charge on any atom is -0.207 e. The Morgan fingerprint density at radius 3 is 1.81 bits per heavy atom. The zero-order chi connectivity index (χ0) is 24.4. The van der Waals surface area contributed by atoms with Gasteiger partial charge in [0.15, 0.2) is 0 Å². The summed E-state index contributed by atoms with van der Waals surface area (Å²) in [7, 11) is 0. The van der Waals surface area contributed by atoms with Crippen molar-refractivity contribution < 1.29 is 13.2 Å². The maximum atomic E-state index is 12.6. The molecule has 0 unspecified atom stereocenters. The third-order valence-electron chi connectivity index (χ3n) is 4.06. The Labute approximate surface area is 187 Å². The van der Waals surface area contributed by atoms with Gasteiger partial charge in [-0.1, -0.05) is 79.3 Å². The minimum atomic E-state index is -2.89. The molecule has 0 aliphatic carbocycles. The van der Waals surface area contributed by atoms with Gasteiger partial charge in [0.2, 0.25) is 0 Å². The quantitative estimate of drug-likeness (QED) is 0.337. The van der Waals surface area contributed by atoms with E-state index in [2.05, 4.69) is 70.5 Å². The highest BCUT2D eigenvalue weighted by Gasteiger charge is 2.24.